The van der Waals surface area contributed by atoms with Crippen molar-refractivity contribution in [1.82, 2.24) is 19.7 Å². The first kappa shape index (κ1) is 23.8. The van der Waals surface area contributed by atoms with Gasteiger partial charge in [0, 0.05) is 35.5 Å². The predicted octanol–water partition coefficient (Wildman–Crippen LogP) is 5.77. The molecule has 1 saturated carbocycles. The fraction of sp³-hybridized carbons (Fsp3) is 0.269. The minimum absolute atomic E-state index is 0.112. The highest BCUT2D eigenvalue weighted by molar-refractivity contribution is 5.96. The number of aromatic nitrogens is 3. The number of fused-ring (bicyclic) bond motifs is 1. The minimum atomic E-state index is -4.32. The number of rotatable bonds is 7. The van der Waals surface area contributed by atoms with Gasteiger partial charge in [-0.3, -0.25) is 9.20 Å². The van der Waals surface area contributed by atoms with Gasteiger partial charge in [-0.25, -0.2) is 14.4 Å². The van der Waals surface area contributed by atoms with Crippen LogP contribution in [0.1, 0.15) is 35.2 Å². The molecule has 1 fully saturated rings. The summed E-state index contributed by atoms with van der Waals surface area (Å²) in [6.07, 6.45) is -0.0346. The zero-order chi connectivity index (χ0) is 25.4. The number of alkyl halides is 3. The van der Waals surface area contributed by atoms with Crippen molar-refractivity contribution < 1.29 is 22.4 Å². The Bertz CT molecular complexity index is 1430. The predicted molar refractivity (Wildman–Crippen MR) is 128 cm³/mol. The Morgan fingerprint density at radius 3 is 2.50 bits per heavy atom. The molecule has 2 aromatic heterocycles. The van der Waals surface area contributed by atoms with Crippen molar-refractivity contribution >= 4 is 17.4 Å². The number of nitrogens with zero attached hydrogens (tertiary/aromatic N) is 3. The summed E-state index contributed by atoms with van der Waals surface area (Å²) in [7, 11) is 0. The summed E-state index contributed by atoms with van der Waals surface area (Å²) >= 11 is 0. The quantitative estimate of drug-likeness (QED) is 0.318. The number of aryl methyl sites for hydroxylation is 1. The number of hydrogen-bond acceptors (Lipinski definition) is 4. The molecule has 0 radical (unpaired) electrons. The Morgan fingerprint density at radius 1 is 1.11 bits per heavy atom. The summed E-state index contributed by atoms with van der Waals surface area (Å²) in [5.74, 6) is -0.337. The van der Waals surface area contributed by atoms with Crippen LogP contribution in [-0.4, -0.2) is 39.0 Å². The number of nitrogens with one attached hydrogen (secondary N) is 2. The van der Waals surface area contributed by atoms with Gasteiger partial charge in [0.1, 0.15) is 5.82 Å². The molecule has 0 unspecified atom stereocenters. The van der Waals surface area contributed by atoms with Gasteiger partial charge < -0.3 is 10.6 Å². The van der Waals surface area contributed by atoms with Crippen LogP contribution in [0.3, 0.4) is 0 Å². The van der Waals surface area contributed by atoms with E-state index in [9.17, 15) is 22.4 Å². The van der Waals surface area contributed by atoms with Crippen LogP contribution in [0.15, 0.2) is 54.9 Å². The molecule has 0 spiro atoms. The third-order valence-electron chi connectivity index (χ3n) is 6.01. The highest BCUT2D eigenvalue weighted by Gasteiger charge is 2.27. The first-order chi connectivity index (χ1) is 17.2. The number of hydrogen-bond donors (Lipinski definition) is 2. The molecule has 2 heterocycles. The lowest BCUT2D eigenvalue weighted by Gasteiger charge is -2.13. The van der Waals surface area contributed by atoms with Crippen molar-refractivity contribution in [2.24, 2.45) is 0 Å². The highest BCUT2D eigenvalue weighted by atomic mass is 19.4. The molecule has 2 aromatic carbocycles. The van der Waals surface area contributed by atoms with E-state index in [-0.39, 0.29) is 24.3 Å². The zero-order valence-corrected chi connectivity index (χ0v) is 19.4. The van der Waals surface area contributed by atoms with Gasteiger partial charge in [0.25, 0.3) is 5.91 Å². The van der Waals surface area contributed by atoms with Gasteiger partial charge in [-0.1, -0.05) is 6.07 Å². The van der Waals surface area contributed by atoms with Gasteiger partial charge in [-0.2, -0.15) is 13.2 Å². The molecule has 186 valence electrons. The second kappa shape index (κ2) is 9.25. The van der Waals surface area contributed by atoms with E-state index in [1.807, 2.05) is 19.1 Å². The van der Waals surface area contributed by atoms with Crippen LogP contribution in [0, 0.1) is 12.7 Å². The first-order valence-electron chi connectivity index (χ1n) is 11.5. The molecule has 0 aliphatic heterocycles. The molecule has 2 N–H and O–H groups in total. The molecule has 1 aliphatic rings. The molecular weight excluding hydrogens is 474 g/mol. The Morgan fingerprint density at radius 2 is 1.83 bits per heavy atom. The Hall–Kier alpha value is -3.95. The Balaban J connectivity index is 1.55. The second-order valence-electron chi connectivity index (χ2n) is 8.89. The van der Waals surface area contributed by atoms with Gasteiger partial charge >= 0.3 is 6.18 Å². The van der Waals surface area contributed by atoms with Gasteiger partial charge in [-0.05, 0) is 61.7 Å². The summed E-state index contributed by atoms with van der Waals surface area (Å²) in [6, 6.07) is 11.4. The smallest absolute Gasteiger partial charge is 0.367 e. The number of carbonyl (C=O) groups is 1. The maximum absolute atomic E-state index is 13.5. The van der Waals surface area contributed by atoms with Gasteiger partial charge in [-0.15, -0.1) is 0 Å². The summed E-state index contributed by atoms with van der Waals surface area (Å²) in [6.45, 7) is 1.48. The van der Waals surface area contributed by atoms with E-state index in [0.29, 0.717) is 28.2 Å². The fourth-order valence-electron chi connectivity index (χ4n) is 3.97. The summed E-state index contributed by atoms with van der Waals surface area (Å²) in [4.78, 5) is 21.4. The van der Waals surface area contributed by atoms with E-state index in [1.54, 1.807) is 35.0 Å². The second-order valence-corrected chi connectivity index (χ2v) is 8.89. The first-order valence-corrected chi connectivity index (χ1v) is 11.5. The summed E-state index contributed by atoms with van der Waals surface area (Å²) in [5, 5.41) is 5.73. The minimum Gasteiger partial charge on any atom is -0.367 e. The zero-order valence-electron chi connectivity index (χ0n) is 19.4. The number of carbonyl (C=O) groups excluding carboxylic acids is 1. The van der Waals surface area contributed by atoms with Crippen LogP contribution >= 0.6 is 0 Å². The normalized spacial score (nSPS) is 13.7. The van der Waals surface area contributed by atoms with Crippen LogP contribution in [0.4, 0.5) is 23.4 Å². The number of anilines is 1. The van der Waals surface area contributed by atoms with Crippen LogP contribution in [0.25, 0.3) is 28.2 Å². The molecule has 5 rings (SSSR count). The lowest BCUT2D eigenvalue weighted by atomic mass is 10.0. The molecule has 36 heavy (non-hydrogen) atoms. The maximum atomic E-state index is 13.5. The maximum Gasteiger partial charge on any atom is 0.390 e. The van der Waals surface area contributed by atoms with E-state index >= 15 is 0 Å². The van der Waals surface area contributed by atoms with E-state index in [1.165, 1.54) is 12.1 Å². The molecule has 0 saturated heterocycles. The lowest BCUT2D eigenvalue weighted by molar-refractivity contribution is -0.131. The molecule has 6 nitrogen and oxygen atoms in total. The largest absolute Gasteiger partial charge is 0.390 e. The van der Waals surface area contributed by atoms with Crippen LogP contribution in [0.5, 0.6) is 0 Å². The van der Waals surface area contributed by atoms with E-state index in [0.717, 1.165) is 24.0 Å². The molecule has 4 aromatic rings. The third kappa shape index (κ3) is 5.17. The van der Waals surface area contributed by atoms with Crippen LogP contribution in [0.2, 0.25) is 0 Å². The number of halogens is 4. The average molecular weight is 497 g/mol. The van der Waals surface area contributed by atoms with Crippen LogP contribution in [-0.2, 0) is 0 Å². The van der Waals surface area contributed by atoms with Gasteiger partial charge in [0.05, 0.1) is 24.0 Å². The topological polar surface area (TPSA) is 71.3 Å². The Kier molecular flexibility index (Phi) is 6.11. The number of benzene rings is 2. The monoisotopic (exact) mass is 497 g/mol. The van der Waals surface area contributed by atoms with Crippen molar-refractivity contribution in [3.05, 3.63) is 71.8 Å². The highest BCUT2D eigenvalue weighted by Crippen LogP contribution is 2.30. The molecule has 1 amide bonds. The Labute approximate surface area is 204 Å². The van der Waals surface area contributed by atoms with Crippen LogP contribution < -0.4 is 10.6 Å². The molecule has 0 atom stereocenters. The summed E-state index contributed by atoms with van der Waals surface area (Å²) in [5.41, 5.74) is 4.21. The van der Waals surface area contributed by atoms with Crippen molar-refractivity contribution in [2.75, 3.05) is 11.9 Å². The molecule has 0 bridgehead atoms. The standard InChI is InChI=1S/C26H23F4N5O/c1-15-12-17(4-9-20(15)25(36)33-19-7-8-19)22-13-32-24-23(31-11-10-26(28,29)30)34-21(14-35(22)24)16-2-5-18(27)6-3-16/h2-6,9,12-14,19H,7-8,10-11H2,1H3,(H,31,34)(H,33,36). The van der Waals surface area contributed by atoms with Gasteiger partial charge in [0.15, 0.2) is 11.5 Å². The number of imidazole rings is 1. The van der Waals surface area contributed by atoms with Crippen molar-refractivity contribution in [1.29, 1.82) is 0 Å². The van der Waals surface area contributed by atoms with E-state index < -0.39 is 18.4 Å². The SMILES string of the molecule is Cc1cc(-c2cnc3c(NCCC(F)(F)F)nc(-c4ccc(F)cc4)cn23)ccc1C(=O)NC1CC1. The van der Waals surface area contributed by atoms with Crippen molar-refractivity contribution in [2.45, 2.75) is 38.4 Å². The van der Waals surface area contributed by atoms with E-state index in [2.05, 4.69) is 20.6 Å². The van der Waals surface area contributed by atoms with Gasteiger partial charge in [0.2, 0.25) is 0 Å². The fourth-order valence-corrected chi connectivity index (χ4v) is 3.97. The molecule has 10 heteroatoms. The summed E-state index contributed by atoms with van der Waals surface area (Å²) < 4.78 is 53.4. The lowest BCUT2D eigenvalue weighted by Crippen LogP contribution is -2.26. The average Bonchev–Trinajstić information content (AvgIpc) is 3.53. The van der Waals surface area contributed by atoms with Crippen molar-refractivity contribution in [3.8, 4) is 22.5 Å². The third-order valence-corrected chi connectivity index (χ3v) is 6.01. The molecular formula is C26H23F4N5O. The van der Waals surface area contributed by atoms with Crippen molar-refractivity contribution in [3.63, 3.8) is 0 Å². The van der Waals surface area contributed by atoms with E-state index in [4.69, 9.17) is 0 Å². The molecule has 1 aliphatic carbocycles. The number of amides is 1.